The highest BCUT2D eigenvalue weighted by molar-refractivity contribution is 5.89. The number of rotatable bonds is 5. The summed E-state index contributed by atoms with van der Waals surface area (Å²) in [6.45, 7) is 2.06. The zero-order valence-electron chi connectivity index (χ0n) is 13.2. The number of nitrogens with one attached hydrogen (secondary N) is 2. The van der Waals surface area contributed by atoms with Crippen LogP contribution in [0.2, 0.25) is 0 Å². The highest BCUT2D eigenvalue weighted by Gasteiger charge is 2.04. The van der Waals surface area contributed by atoms with E-state index in [1.165, 1.54) is 6.92 Å². The lowest BCUT2D eigenvalue weighted by Crippen LogP contribution is -2.06. The predicted octanol–water partition coefficient (Wildman–Crippen LogP) is 3.11. The molecular weight excluding hydrogens is 302 g/mol. The number of carbonyl (C=O) groups is 1. The summed E-state index contributed by atoms with van der Waals surface area (Å²) in [5, 5.41) is 5.98. The third-order valence-electron chi connectivity index (χ3n) is 3.29. The molecule has 6 nitrogen and oxygen atoms in total. The Morgan fingerprint density at radius 3 is 2.83 bits per heavy atom. The molecule has 2 heterocycles. The Morgan fingerprint density at radius 1 is 1.12 bits per heavy atom. The topological polar surface area (TPSA) is 79.8 Å². The molecule has 1 amide bonds. The SMILES string of the molecule is CC(=O)Nc1cccc(-c2cncc(NCc3ccccn3)n2)c1. The summed E-state index contributed by atoms with van der Waals surface area (Å²) in [7, 11) is 0. The van der Waals surface area contributed by atoms with Gasteiger partial charge in [0, 0.05) is 24.4 Å². The first-order valence-corrected chi connectivity index (χ1v) is 7.54. The lowest BCUT2D eigenvalue weighted by atomic mass is 10.1. The average molecular weight is 319 g/mol. The van der Waals surface area contributed by atoms with Crippen molar-refractivity contribution in [3.63, 3.8) is 0 Å². The molecule has 0 radical (unpaired) electrons. The van der Waals surface area contributed by atoms with E-state index in [0.29, 0.717) is 12.4 Å². The fourth-order valence-electron chi connectivity index (χ4n) is 2.23. The van der Waals surface area contributed by atoms with Crippen LogP contribution in [-0.2, 0) is 11.3 Å². The molecule has 0 bridgehead atoms. The molecule has 3 rings (SSSR count). The van der Waals surface area contributed by atoms with E-state index in [4.69, 9.17) is 0 Å². The molecule has 0 fully saturated rings. The lowest BCUT2D eigenvalue weighted by molar-refractivity contribution is -0.114. The first kappa shape index (κ1) is 15.6. The van der Waals surface area contributed by atoms with Crippen molar-refractivity contribution in [2.24, 2.45) is 0 Å². The number of anilines is 2. The van der Waals surface area contributed by atoms with Gasteiger partial charge < -0.3 is 10.6 Å². The first-order chi connectivity index (χ1) is 11.7. The van der Waals surface area contributed by atoms with Crippen molar-refractivity contribution in [1.82, 2.24) is 15.0 Å². The number of hydrogen-bond acceptors (Lipinski definition) is 5. The van der Waals surface area contributed by atoms with Crippen LogP contribution in [0.15, 0.2) is 61.1 Å². The Hall–Kier alpha value is -3.28. The van der Waals surface area contributed by atoms with E-state index >= 15 is 0 Å². The number of aromatic nitrogens is 3. The summed E-state index contributed by atoms with van der Waals surface area (Å²) in [6, 6.07) is 13.3. The highest BCUT2D eigenvalue weighted by atomic mass is 16.1. The summed E-state index contributed by atoms with van der Waals surface area (Å²) in [5.74, 6) is 0.562. The molecule has 1 aromatic carbocycles. The van der Waals surface area contributed by atoms with Crippen molar-refractivity contribution < 1.29 is 4.79 Å². The van der Waals surface area contributed by atoms with Crippen LogP contribution < -0.4 is 10.6 Å². The second-order valence-electron chi connectivity index (χ2n) is 5.23. The Bertz CT molecular complexity index is 836. The summed E-state index contributed by atoms with van der Waals surface area (Å²) < 4.78 is 0. The Kier molecular flexibility index (Phi) is 4.76. The van der Waals surface area contributed by atoms with E-state index in [9.17, 15) is 4.79 Å². The van der Waals surface area contributed by atoms with Crippen molar-refractivity contribution in [2.75, 3.05) is 10.6 Å². The molecule has 3 aromatic rings. The Labute approximate surface area is 140 Å². The van der Waals surface area contributed by atoms with Gasteiger partial charge >= 0.3 is 0 Å². The third kappa shape index (κ3) is 4.13. The maximum atomic E-state index is 11.2. The van der Waals surface area contributed by atoms with Crippen molar-refractivity contribution >= 4 is 17.4 Å². The number of hydrogen-bond donors (Lipinski definition) is 2. The third-order valence-corrected chi connectivity index (χ3v) is 3.29. The van der Waals surface area contributed by atoms with Crippen molar-refractivity contribution in [1.29, 1.82) is 0 Å². The average Bonchev–Trinajstić information content (AvgIpc) is 2.61. The van der Waals surface area contributed by atoms with Crippen LogP contribution in [0.25, 0.3) is 11.3 Å². The number of carbonyl (C=O) groups excluding carboxylic acids is 1. The normalized spacial score (nSPS) is 10.2. The highest BCUT2D eigenvalue weighted by Crippen LogP contribution is 2.21. The van der Waals surface area contributed by atoms with Gasteiger partial charge in [0.05, 0.1) is 30.3 Å². The molecule has 120 valence electrons. The minimum atomic E-state index is -0.107. The van der Waals surface area contributed by atoms with Gasteiger partial charge in [0.2, 0.25) is 5.91 Å². The van der Waals surface area contributed by atoms with E-state index in [2.05, 4.69) is 25.6 Å². The molecule has 0 saturated carbocycles. The summed E-state index contributed by atoms with van der Waals surface area (Å²) in [5.41, 5.74) is 3.27. The quantitative estimate of drug-likeness (QED) is 0.755. The van der Waals surface area contributed by atoms with Crippen molar-refractivity contribution in [3.05, 3.63) is 66.7 Å². The van der Waals surface area contributed by atoms with Gasteiger partial charge in [-0.1, -0.05) is 18.2 Å². The molecule has 0 aliphatic carbocycles. The van der Waals surface area contributed by atoms with Gasteiger partial charge in [-0.25, -0.2) is 4.98 Å². The summed E-state index contributed by atoms with van der Waals surface area (Å²) >= 11 is 0. The molecule has 0 aliphatic heterocycles. The van der Waals surface area contributed by atoms with E-state index < -0.39 is 0 Å². The maximum Gasteiger partial charge on any atom is 0.221 e. The standard InChI is InChI=1S/C18H17N5O/c1-13(24)22-15-7-4-5-14(9-15)17-11-19-12-18(23-17)21-10-16-6-2-3-8-20-16/h2-9,11-12H,10H2,1H3,(H,21,23)(H,22,24). The smallest absolute Gasteiger partial charge is 0.221 e. The number of pyridine rings is 1. The Balaban J connectivity index is 1.76. The van der Waals surface area contributed by atoms with Crippen LogP contribution >= 0.6 is 0 Å². The Morgan fingerprint density at radius 2 is 2.04 bits per heavy atom. The molecule has 2 N–H and O–H groups in total. The molecule has 6 heteroatoms. The maximum absolute atomic E-state index is 11.2. The fraction of sp³-hybridized carbons (Fsp3) is 0.111. The number of amides is 1. The van der Waals surface area contributed by atoms with E-state index in [0.717, 1.165) is 22.6 Å². The van der Waals surface area contributed by atoms with Crippen LogP contribution in [0.3, 0.4) is 0 Å². The second-order valence-corrected chi connectivity index (χ2v) is 5.23. The fourth-order valence-corrected chi connectivity index (χ4v) is 2.23. The molecule has 24 heavy (non-hydrogen) atoms. The predicted molar refractivity (Wildman–Crippen MR) is 93.3 cm³/mol. The van der Waals surface area contributed by atoms with Crippen molar-refractivity contribution in [3.8, 4) is 11.3 Å². The van der Waals surface area contributed by atoms with Gasteiger partial charge in [-0.3, -0.25) is 14.8 Å². The first-order valence-electron chi connectivity index (χ1n) is 7.54. The zero-order valence-corrected chi connectivity index (χ0v) is 13.2. The minimum Gasteiger partial charge on any atom is -0.363 e. The summed E-state index contributed by atoms with van der Waals surface area (Å²) in [6.07, 6.45) is 5.12. The van der Waals surface area contributed by atoms with Crippen LogP contribution in [0.4, 0.5) is 11.5 Å². The van der Waals surface area contributed by atoms with E-state index in [1.54, 1.807) is 18.6 Å². The van der Waals surface area contributed by atoms with Gasteiger partial charge in [-0.05, 0) is 24.3 Å². The molecule has 0 saturated heterocycles. The van der Waals surface area contributed by atoms with Gasteiger partial charge in [0.1, 0.15) is 5.82 Å². The molecule has 0 unspecified atom stereocenters. The molecule has 0 spiro atoms. The van der Waals surface area contributed by atoms with Gasteiger partial charge in [0.25, 0.3) is 0 Å². The molecule has 0 aliphatic rings. The van der Waals surface area contributed by atoms with Crippen LogP contribution in [0, 0.1) is 0 Å². The number of nitrogens with zero attached hydrogens (tertiary/aromatic N) is 3. The largest absolute Gasteiger partial charge is 0.363 e. The lowest BCUT2D eigenvalue weighted by Gasteiger charge is -2.08. The zero-order chi connectivity index (χ0) is 16.8. The van der Waals surface area contributed by atoms with Crippen LogP contribution in [0.1, 0.15) is 12.6 Å². The monoisotopic (exact) mass is 319 g/mol. The summed E-state index contributed by atoms with van der Waals surface area (Å²) in [4.78, 5) is 24.2. The molecule has 0 atom stereocenters. The van der Waals surface area contributed by atoms with Gasteiger partial charge in [-0.2, -0.15) is 0 Å². The van der Waals surface area contributed by atoms with Crippen molar-refractivity contribution in [2.45, 2.75) is 13.5 Å². The number of benzene rings is 1. The van der Waals surface area contributed by atoms with E-state index in [1.807, 2.05) is 42.5 Å². The minimum absolute atomic E-state index is 0.107. The molecular formula is C18H17N5O. The van der Waals surface area contributed by atoms with E-state index in [-0.39, 0.29) is 5.91 Å². The molecule has 2 aromatic heterocycles. The van der Waals surface area contributed by atoms with Crippen LogP contribution in [-0.4, -0.2) is 20.9 Å². The van der Waals surface area contributed by atoms with Gasteiger partial charge in [0.15, 0.2) is 0 Å². The van der Waals surface area contributed by atoms with Gasteiger partial charge in [-0.15, -0.1) is 0 Å². The van der Waals surface area contributed by atoms with Crippen LogP contribution in [0.5, 0.6) is 0 Å². The second kappa shape index (κ2) is 7.32.